The molecule has 3 N–H and O–H groups in total. The number of thioether (sulfide) groups is 1. The largest absolute Gasteiger partial charge is 0.386 e. The molecule has 0 radical (unpaired) electrons. The lowest BCUT2D eigenvalue weighted by molar-refractivity contribution is 0.0749. The zero-order valence-corrected chi connectivity index (χ0v) is 21.1. The molecule has 1 saturated heterocycles. The van der Waals surface area contributed by atoms with Crippen molar-refractivity contribution in [1.82, 2.24) is 19.3 Å². The van der Waals surface area contributed by atoms with Crippen LogP contribution in [0.25, 0.3) is 10.2 Å². The number of aromatic nitrogens is 3. The molecule has 9 nitrogen and oxygen atoms in total. The Morgan fingerprint density at radius 1 is 1.27 bits per heavy atom. The number of nitrogens with zero attached hydrogens (tertiary/aromatic N) is 4. The Labute approximate surface area is 202 Å². The number of hydrogen-bond acceptors (Lipinski definition) is 10. The summed E-state index contributed by atoms with van der Waals surface area (Å²) in [6.45, 7) is 4.62. The minimum Gasteiger partial charge on any atom is -0.386 e. The molecule has 3 heterocycles. The lowest BCUT2D eigenvalue weighted by atomic mass is 10.1. The summed E-state index contributed by atoms with van der Waals surface area (Å²) in [6, 6.07) is 5.60. The molecule has 0 saturated carbocycles. The number of fused-ring (bicyclic) bond motifs is 1. The van der Waals surface area contributed by atoms with Crippen LogP contribution in [0.4, 0.5) is 11.1 Å². The zero-order chi connectivity index (χ0) is 23.5. The Morgan fingerprint density at radius 3 is 2.67 bits per heavy atom. The van der Waals surface area contributed by atoms with E-state index in [1.54, 1.807) is 31.1 Å². The second-order valence-electron chi connectivity index (χ2n) is 7.98. The highest BCUT2D eigenvalue weighted by Crippen LogP contribution is 2.29. The van der Waals surface area contributed by atoms with Crippen molar-refractivity contribution in [2.75, 3.05) is 56.3 Å². The Hall–Kier alpha value is -1.96. The maximum absolute atomic E-state index is 13.4. The number of nitrogens with one attached hydrogen (secondary N) is 2. The van der Waals surface area contributed by atoms with Gasteiger partial charge in [0.15, 0.2) is 5.13 Å². The summed E-state index contributed by atoms with van der Waals surface area (Å²) >= 11 is 3.03. The van der Waals surface area contributed by atoms with Gasteiger partial charge in [0.2, 0.25) is 5.95 Å². The fourth-order valence-electron chi connectivity index (χ4n) is 3.28. The van der Waals surface area contributed by atoms with Crippen molar-refractivity contribution in [1.29, 1.82) is 0 Å². The first-order valence-corrected chi connectivity index (χ1v) is 14.2. The first kappa shape index (κ1) is 24.2. The van der Waals surface area contributed by atoms with Crippen molar-refractivity contribution in [3.8, 4) is 0 Å². The van der Waals surface area contributed by atoms with Crippen LogP contribution in [0.2, 0.25) is 0 Å². The minimum atomic E-state index is -2.57. The molecule has 1 aliphatic rings. The van der Waals surface area contributed by atoms with Crippen LogP contribution in [0.15, 0.2) is 40.4 Å². The smallest absolute Gasteiger partial charge is 0.222 e. The van der Waals surface area contributed by atoms with Crippen LogP contribution in [-0.2, 0) is 14.4 Å². The summed E-state index contributed by atoms with van der Waals surface area (Å²) in [7, 11) is -2.57. The van der Waals surface area contributed by atoms with Crippen LogP contribution < -0.4 is 10.6 Å². The van der Waals surface area contributed by atoms with Gasteiger partial charge in [-0.2, -0.15) is 0 Å². The molecule has 1 fully saturated rings. The van der Waals surface area contributed by atoms with E-state index in [9.17, 15) is 9.32 Å². The Kier molecular flexibility index (Phi) is 7.41. The molecule has 1 aromatic carbocycles. The lowest BCUT2D eigenvalue weighted by Gasteiger charge is -2.29. The standard InChI is InChI=1S/C21H28N6O3S3/c1-21(28,13-24-19-22-11-15(31-2)12-23-19)14-25-20-26-17-5-4-16(10-18(17)32-20)33(3,29)27-6-8-30-9-7-27/h4-5,10-12,28H,3,6-9,13-14H2,1-2H3,(H,25,26)(H,22,23,24). The van der Waals surface area contributed by atoms with Gasteiger partial charge in [-0.05, 0) is 37.2 Å². The van der Waals surface area contributed by atoms with E-state index in [1.807, 2.05) is 28.8 Å². The van der Waals surface area contributed by atoms with Crippen molar-refractivity contribution < 1.29 is 14.1 Å². The van der Waals surface area contributed by atoms with Crippen LogP contribution in [0.3, 0.4) is 0 Å². The molecule has 2 aromatic heterocycles. The molecule has 12 heteroatoms. The van der Waals surface area contributed by atoms with Gasteiger partial charge in [0.25, 0.3) is 0 Å². The second-order valence-corrected chi connectivity index (χ2v) is 12.2. The van der Waals surface area contributed by atoms with Gasteiger partial charge in [0, 0.05) is 48.4 Å². The van der Waals surface area contributed by atoms with Crippen LogP contribution >= 0.6 is 23.1 Å². The zero-order valence-electron chi connectivity index (χ0n) is 18.6. The van der Waals surface area contributed by atoms with E-state index in [4.69, 9.17) is 4.74 Å². The molecular weight excluding hydrogens is 480 g/mol. The summed E-state index contributed by atoms with van der Waals surface area (Å²) in [5, 5.41) is 17.7. The van der Waals surface area contributed by atoms with Gasteiger partial charge in [0.05, 0.1) is 38.7 Å². The van der Waals surface area contributed by atoms with E-state index in [0.29, 0.717) is 42.3 Å². The van der Waals surface area contributed by atoms with Crippen molar-refractivity contribution in [3.05, 3.63) is 30.6 Å². The fourth-order valence-corrected chi connectivity index (χ4v) is 6.19. The third kappa shape index (κ3) is 5.94. The number of hydrogen-bond donors (Lipinski definition) is 3. The quantitative estimate of drug-likeness (QED) is 0.296. The maximum Gasteiger partial charge on any atom is 0.222 e. The first-order chi connectivity index (χ1) is 15.8. The number of rotatable bonds is 9. The van der Waals surface area contributed by atoms with Gasteiger partial charge in [-0.3, -0.25) is 0 Å². The van der Waals surface area contributed by atoms with E-state index < -0.39 is 15.3 Å². The molecule has 2 unspecified atom stereocenters. The summed E-state index contributed by atoms with van der Waals surface area (Å²) in [4.78, 5) is 14.7. The Balaban J connectivity index is 1.39. The van der Waals surface area contributed by atoms with Crippen LogP contribution in [0.5, 0.6) is 0 Å². The second kappa shape index (κ2) is 10.1. The van der Waals surface area contributed by atoms with Crippen LogP contribution in [-0.4, -0.2) is 85.7 Å². The van der Waals surface area contributed by atoms with Gasteiger partial charge in [-0.25, -0.2) is 23.5 Å². The summed E-state index contributed by atoms with van der Waals surface area (Å²) in [5.41, 5.74) is -0.244. The van der Waals surface area contributed by atoms with Crippen LogP contribution in [0, 0.1) is 0 Å². The normalized spacial score (nSPS) is 18.5. The molecule has 0 aliphatic carbocycles. The first-order valence-electron chi connectivity index (χ1n) is 10.4. The number of ether oxygens (including phenoxy) is 1. The average molecular weight is 509 g/mol. The summed E-state index contributed by atoms with van der Waals surface area (Å²) in [5.74, 6) is 4.49. The lowest BCUT2D eigenvalue weighted by Crippen LogP contribution is -2.40. The minimum absolute atomic E-state index is 0.275. The highest BCUT2D eigenvalue weighted by molar-refractivity contribution is 7.98. The summed E-state index contributed by atoms with van der Waals surface area (Å²) < 4.78 is 21.5. The Morgan fingerprint density at radius 2 is 1.97 bits per heavy atom. The van der Waals surface area contributed by atoms with Crippen molar-refractivity contribution >= 4 is 60.0 Å². The molecule has 0 amide bonds. The van der Waals surface area contributed by atoms with Gasteiger partial charge in [-0.15, -0.1) is 11.8 Å². The van der Waals surface area contributed by atoms with Gasteiger partial charge < -0.3 is 20.5 Å². The van der Waals surface area contributed by atoms with E-state index in [0.717, 1.165) is 15.1 Å². The molecule has 33 heavy (non-hydrogen) atoms. The van der Waals surface area contributed by atoms with Gasteiger partial charge in [-0.1, -0.05) is 11.3 Å². The third-order valence-corrected chi connectivity index (χ3v) is 9.07. The number of anilines is 2. The number of benzene rings is 1. The molecule has 0 bridgehead atoms. The van der Waals surface area contributed by atoms with Gasteiger partial charge in [0.1, 0.15) is 0 Å². The third-order valence-electron chi connectivity index (χ3n) is 5.23. The number of thiazole rings is 1. The number of morpholine rings is 1. The Bertz CT molecular complexity index is 1190. The van der Waals surface area contributed by atoms with E-state index in [-0.39, 0.29) is 13.1 Å². The van der Waals surface area contributed by atoms with Crippen LogP contribution in [0.1, 0.15) is 6.92 Å². The predicted octanol–water partition coefficient (Wildman–Crippen LogP) is 2.41. The van der Waals surface area contributed by atoms with Gasteiger partial charge >= 0.3 is 0 Å². The van der Waals surface area contributed by atoms with Crippen molar-refractivity contribution in [2.45, 2.75) is 22.3 Å². The predicted molar refractivity (Wildman–Crippen MR) is 137 cm³/mol. The SMILES string of the molecule is C=S(=O)(c1ccc2nc(NCC(C)(O)CNc3ncc(SC)cn3)sc2c1)N1CCOCC1. The maximum atomic E-state index is 13.4. The molecule has 178 valence electrons. The molecular formula is C21H28N6O3S3. The van der Waals surface area contributed by atoms with E-state index in [2.05, 4.69) is 31.5 Å². The molecule has 3 aromatic rings. The molecule has 0 spiro atoms. The average Bonchev–Trinajstić information content (AvgIpc) is 3.25. The van der Waals surface area contributed by atoms with E-state index in [1.165, 1.54) is 11.3 Å². The number of aliphatic hydroxyl groups is 1. The fraction of sp³-hybridized carbons (Fsp3) is 0.429. The molecule has 1 aliphatic heterocycles. The highest BCUT2D eigenvalue weighted by Gasteiger charge is 2.23. The highest BCUT2D eigenvalue weighted by atomic mass is 32.2. The van der Waals surface area contributed by atoms with E-state index >= 15 is 0 Å². The van der Waals surface area contributed by atoms with Crippen molar-refractivity contribution in [2.24, 2.45) is 0 Å². The topological polar surface area (TPSA) is 112 Å². The summed E-state index contributed by atoms with van der Waals surface area (Å²) in [6.07, 6.45) is 5.45. The monoisotopic (exact) mass is 508 g/mol. The van der Waals surface area contributed by atoms with Crippen molar-refractivity contribution in [3.63, 3.8) is 0 Å². The molecule has 2 atom stereocenters. The molecule has 4 rings (SSSR count).